The lowest BCUT2D eigenvalue weighted by Crippen LogP contribution is -2.02. The Morgan fingerprint density at radius 1 is 1.29 bits per heavy atom. The van der Waals surface area contributed by atoms with Crippen molar-refractivity contribution in [2.24, 2.45) is 7.05 Å². The van der Waals surface area contributed by atoms with Gasteiger partial charge in [0.05, 0.1) is 13.6 Å². The van der Waals surface area contributed by atoms with Crippen LogP contribution >= 0.6 is 0 Å². The highest BCUT2D eigenvalue weighted by Gasteiger charge is 2.10. The van der Waals surface area contributed by atoms with E-state index < -0.39 is 0 Å². The van der Waals surface area contributed by atoms with E-state index in [9.17, 15) is 0 Å². The first kappa shape index (κ1) is 10.3. The first-order valence-electron chi connectivity index (χ1n) is 5.90. The van der Waals surface area contributed by atoms with Crippen molar-refractivity contribution in [3.05, 3.63) is 35.2 Å². The fraction of sp³-hybridized carbons (Fsp3) is 0.417. The topological polar surface area (TPSA) is 55.6 Å². The van der Waals surface area contributed by atoms with Crippen molar-refractivity contribution in [3.63, 3.8) is 0 Å². The van der Waals surface area contributed by atoms with Crippen molar-refractivity contribution in [2.45, 2.75) is 25.8 Å². The van der Waals surface area contributed by atoms with Crippen LogP contribution in [0.2, 0.25) is 0 Å². The van der Waals surface area contributed by atoms with Crippen LogP contribution in [0.4, 0.5) is 5.69 Å². The maximum atomic E-state index is 4.13. The summed E-state index contributed by atoms with van der Waals surface area (Å²) in [5.74, 6) is 0.716. The van der Waals surface area contributed by atoms with Gasteiger partial charge in [-0.1, -0.05) is 6.07 Å². The highest BCUT2D eigenvalue weighted by atomic mass is 15.6. The van der Waals surface area contributed by atoms with Gasteiger partial charge in [0.25, 0.3) is 0 Å². The molecule has 0 bridgehead atoms. The number of rotatable bonds is 3. The average molecular weight is 229 g/mol. The van der Waals surface area contributed by atoms with Crippen LogP contribution in [0.15, 0.2) is 18.2 Å². The summed E-state index contributed by atoms with van der Waals surface area (Å²) in [6.07, 6.45) is 3.71. The van der Waals surface area contributed by atoms with Crippen LogP contribution in [0.1, 0.15) is 23.4 Å². The van der Waals surface area contributed by atoms with Gasteiger partial charge < -0.3 is 5.32 Å². The molecule has 1 heterocycles. The molecule has 17 heavy (non-hydrogen) atoms. The Bertz CT molecular complexity index is 531. The van der Waals surface area contributed by atoms with Crippen LogP contribution < -0.4 is 5.32 Å². The summed E-state index contributed by atoms with van der Waals surface area (Å²) in [6.45, 7) is 0.618. The van der Waals surface area contributed by atoms with E-state index in [4.69, 9.17) is 0 Å². The van der Waals surface area contributed by atoms with Gasteiger partial charge in [-0.05, 0) is 47.7 Å². The normalized spacial score (nSPS) is 13.7. The lowest BCUT2D eigenvalue weighted by atomic mass is 10.1. The summed E-state index contributed by atoms with van der Waals surface area (Å²) in [5, 5.41) is 15.2. The minimum atomic E-state index is 0.618. The van der Waals surface area contributed by atoms with E-state index in [0.717, 1.165) is 5.69 Å². The minimum Gasteiger partial charge on any atom is -0.378 e. The SMILES string of the molecule is Cn1nnc(CNc2ccc3c(c2)CCC3)n1. The van der Waals surface area contributed by atoms with E-state index in [-0.39, 0.29) is 0 Å². The number of fused-ring (bicyclic) bond motifs is 1. The smallest absolute Gasteiger partial charge is 0.193 e. The molecule has 2 aromatic rings. The zero-order valence-electron chi connectivity index (χ0n) is 9.85. The van der Waals surface area contributed by atoms with Crippen molar-refractivity contribution in [1.29, 1.82) is 0 Å². The molecule has 0 radical (unpaired) electrons. The van der Waals surface area contributed by atoms with Crippen LogP contribution in [-0.2, 0) is 26.4 Å². The molecule has 0 saturated carbocycles. The van der Waals surface area contributed by atoms with Crippen molar-refractivity contribution >= 4 is 5.69 Å². The largest absolute Gasteiger partial charge is 0.378 e. The number of benzene rings is 1. The van der Waals surface area contributed by atoms with E-state index in [1.165, 1.54) is 35.2 Å². The zero-order chi connectivity index (χ0) is 11.7. The average Bonchev–Trinajstić information content (AvgIpc) is 2.94. The molecule has 5 heteroatoms. The van der Waals surface area contributed by atoms with E-state index in [0.29, 0.717) is 12.4 Å². The summed E-state index contributed by atoms with van der Waals surface area (Å²) in [6, 6.07) is 6.58. The van der Waals surface area contributed by atoms with Gasteiger partial charge in [-0.25, -0.2) is 0 Å². The zero-order valence-corrected chi connectivity index (χ0v) is 9.85. The molecule has 1 aromatic carbocycles. The molecule has 0 saturated heterocycles. The number of nitrogens with one attached hydrogen (secondary N) is 1. The third-order valence-corrected chi connectivity index (χ3v) is 3.10. The van der Waals surface area contributed by atoms with E-state index in [2.05, 4.69) is 38.9 Å². The van der Waals surface area contributed by atoms with Crippen LogP contribution in [0.3, 0.4) is 0 Å². The first-order chi connectivity index (χ1) is 8.31. The first-order valence-corrected chi connectivity index (χ1v) is 5.90. The Kier molecular flexibility index (Phi) is 2.51. The van der Waals surface area contributed by atoms with Crippen molar-refractivity contribution in [3.8, 4) is 0 Å². The Morgan fingerprint density at radius 2 is 2.18 bits per heavy atom. The molecular formula is C12H15N5. The molecule has 0 atom stereocenters. The van der Waals surface area contributed by atoms with Crippen LogP contribution in [0.5, 0.6) is 0 Å². The second-order valence-corrected chi connectivity index (χ2v) is 4.39. The van der Waals surface area contributed by atoms with Gasteiger partial charge in [0, 0.05) is 5.69 Å². The maximum Gasteiger partial charge on any atom is 0.193 e. The lowest BCUT2D eigenvalue weighted by molar-refractivity contribution is 0.628. The predicted octanol–water partition coefficient (Wildman–Crippen LogP) is 1.31. The molecule has 0 unspecified atom stereocenters. The minimum absolute atomic E-state index is 0.618. The number of aryl methyl sites for hydroxylation is 3. The molecule has 1 aliphatic rings. The van der Waals surface area contributed by atoms with E-state index in [1.54, 1.807) is 7.05 Å². The fourth-order valence-corrected chi connectivity index (χ4v) is 2.26. The van der Waals surface area contributed by atoms with E-state index in [1.807, 2.05) is 0 Å². The summed E-state index contributed by atoms with van der Waals surface area (Å²) in [4.78, 5) is 1.47. The number of hydrogen-bond donors (Lipinski definition) is 1. The van der Waals surface area contributed by atoms with Crippen LogP contribution in [-0.4, -0.2) is 20.2 Å². The summed E-state index contributed by atoms with van der Waals surface area (Å²) >= 11 is 0. The van der Waals surface area contributed by atoms with Gasteiger partial charge in [-0.15, -0.1) is 10.2 Å². The Labute approximate surface area is 99.8 Å². The second-order valence-electron chi connectivity index (χ2n) is 4.39. The molecule has 88 valence electrons. The van der Waals surface area contributed by atoms with Gasteiger partial charge in [-0.2, -0.15) is 4.80 Å². The molecular weight excluding hydrogens is 214 g/mol. The van der Waals surface area contributed by atoms with Gasteiger partial charge in [-0.3, -0.25) is 0 Å². The highest BCUT2D eigenvalue weighted by molar-refractivity contribution is 5.50. The fourth-order valence-electron chi connectivity index (χ4n) is 2.26. The molecule has 0 spiro atoms. The van der Waals surface area contributed by atoms with Crippen molar-refractivity contribution in [1.82, 2.24) is 20.2 Å². The third kappa shape index (κ3) is 2.13. The Balaban J connectivity index is 1.69. The van der Waals surface area contributed by atoms with Crippen LogP contribution in [0.25, 0.3) is 0 Å². The Hall–Kier alpha value is -1.91. The number of anilines is 1. The van der Waals surface area contributed by atoms with E-state index >= 15 is 0 Å². The van der Waals surface area contributed by atoms with Gasteiger partial charge in [0.2, 0.25) is 0 Å². The van der Waals surface area contributed by atoms with Gasteiger partial charge in [0.1, 0.15) is 0 Å². The molecule has 5 nitrogen and oxygen atoms in total. The summed E-state index contributed by atoms with van der Waals surface area (Å²) in [5.41, 5.74) is 4.10. The maximum absolute atomic E-state index is 4.13. The molecule has 1 aromatic heterocycles. The number of nitrogens with zero attached hydrogens (tertiary/aromatic N) is 4. The highest BCUT2D eigenvalue weighted by Crippen LogP contribution is 2.24. The predicted molar refractivity (Wildman–Crippen MR) is 64.6 cm³/mol. The van der Waals surface area contributed by atoms with Crippen molar-refractivity contribution < 1.29 is 0 Å². The summed E-state index contributed by atoms with van der Waals surface area (Å²) in [7, 11) is 1.77. The van der Waals surface area contributed by atoms with Gasteiger partial charge in [0.15, 0.2) is 5.82 Å². The molecule has 0 fully saturated rings. The standard InChI is InChI=1S/C12H15N5/c1-17-15-12(14-16-17)8-13-11-6-5-9-3-2-4-10(9)7-11/h5-7,13H,2-4,8H2,1H3. The number of aromatic nitrogens is 4. The quantitative estimate of drug-likeness (QED) is 0.862. The number of hydrogen-bond acceptors (Lipinski definition) is 4. The Morgan fingerprint density at radius 3 is 3.00 bits per heavy atom. The van der Waals surface area contributed by atoms with Crippen LogP contribution in [0, 0.1) is 0 Å². The third-order valence-electron chi connectivity index (χ3n) is 3.10. The summed E-state index contributed by atoms with van der Waals surface area (Å²) < 4.78 is 0. The molecule has 3 rings (SSSR count). The molecule has 0 amide bonds. The van der Waals surface area contributed by atoms with Crippen molar-refractivity contribution in [2.75, 3.05) is 5.32 Å². The molecule has 1 aliphatic carbocycles. The lowest BCUT2D eigenvalue weighted by Gasteiger charge is -2.06. The monoisotopic (exact) mass is 229 g/mol. The number of tetrazole rings is 1. The van der Waals surface area contributed by atoms with Gasteiger partial charge >= 0.3 is 0 Å². The molecule has 1 N–H and O–H groups in total. The molecule has 0 aliphatic heterocycles. The second kappa shape index (κ2) is 4.16.